The van der Waals surface area contributed by atoms with Crippen molar-refractivity contribution in [3.63, 3.8) is 0 Å². The van der Waals surface area contributed by atoms with Crippen molar-refractivity contribution in [1.82, 2.24) is 0 Å². The molecule has 0 saturated heterocycles. The number of benzene rings is 1. The summed E-state index contributed by atoms with van der Waals surface area (Å²) in [5, 5.41) is 3.31. The number of methoxy groups -OCH3 is 1. The highest BCUT2D eigenvalue weighted by molar-refractivity contribution is 5.90. The van der Waals surface area contributed by atoms with E-state index in [9.17, 15) is 4.79 Å². The highest BCUT2D eigenvalue weighted by atomic mass is 16.5. The van der Waals surface area contributed by atoms with E-state index in [2.05, 4.69) is 23.9 Å². The van der Waals surface area contributed by atoms with Gasteiger partial charge in [-0.1, -0.05) is 26.3 Å². The van der Waals surface area contributed by atoms with Gasteiger partial charge in [0, 0.05) is 12.2 Å². The third-order valence-electron chi connectivity index (χ3n) is 2.64. The summed E-state index contributed by atoms with van der Waals surface area (Å²) in [6.07, 6.45) is 1.14. The Labute approximate surface area is 96.8 Å². The molecule has 0 aromatic heterocycles. The van der Waals surface area contributed by atoms with E-state index in [1.54, 1.807) is 6.07 Å². The number of ether oxygens (including phenoxy) is 1. The van der Waals surface area contributed by atoms with Crippen LogP contribution in [0.2, 0.25) is 0 Å². The molecule has 1 atom stereocenters. The van der Waals surface area contributed by atoms with Crippen molar-refractivity contribution in [2.75, 3.05) is 19.0 Å². The summed E-state index contributed by atoms with van der Waals surface area (Å²) < 4.78 is 4.67. The molecule has 0 fully saturated rings. The van der Waals surface area contributed by atoms with Crippen LogP contribution in [-0.2, 0) is 4.74 Å². The molecule has 0 heterocycles. The van der Waals surface area contributed by atoms with Gasteiger partial charge in [0.1, 0.15) is 0 Å². The first kappa shape index (κ1) is 12.6. The molecular weight excluding hydrogens is 202 g/mol. The Hall–Kier alpha value is -1.51. The number of nitrogens with one attached hydrogen (secondary N) is 1. The third kappa shape index (κ3) is 3.57. The van der Waals surface area contributed by atoms with Crippen LogP contribution in [0, 0.1) is 5.92 Å². The normalized spacial score (nSPS) is 11.9. The van der Waals surface area contributed by atoms with E-state index in [4.69, 9.17) is 0 Å². The second-order valence-corrected chi connectivity index (χ2v) is 3.97. The van der Waals surface area contributed by atoms with E-state index >= 15 is 0 Å². The van der Waals surface area contributed by atoms with Crippen molar-refractivity contribution in [3.8, 4) is 0 Å². The number of rotatable bonds is 5. The number of hydrogen-bond acceptors (Lipinski definition) is 3. The van der Waals surface area contributed by atoms with Crippen molar-refractivity contribution in [1.29, 1.82) is 0 Å². The highest BCUT2D eigenvalue weighted by Crippen LogP contribution is 2.12. The molecule has 3 nitrogen and oxygen atoms in total. The molecule has 0 aliphatic carbocycles. The minimum Gasteiger partial charge on any atom is -0.465 e. The molecule has 1 rings (SSSR count). The number of anilines is 1. The maximum absolute atomic E-state index is 11.3. The van der Waals surface area contributed by atoms with Gasteiger partial charge in [0.05, 0.1) is 12.7 Å². The van der Waals surface area contributed by atoms with Gasteiger partial charge >= 0.3 is 5.97 Å². The maximum Gasteiger partial charge on any atom is 0.337 e. The van der Waals surface area contributed by atoms with Crippen molar-refractivity contribution in [2.24, 2.45) is 5.92 Å². The Morgan fingerprint density at radius 2 is 2.25 bits per heavy atom. The molecule has 0 radical (unpaired) electrons. The lowest BCUT2D eigenvalue weighted by atomic mass is 10.1. The zero-order valence-corrected chi connectivity index (χ0v) is 10.1. The van der Waals surface area contributed by atoms with Crippen LogP contribution in [0.1, 0.15) is 30.6 Å². The van der Waals surface area contributed by atoms with Crippen LogP contribution in [0.15, 0.2) is 24.3 Å². The quantitative estimate of drug-likeness (QED) is 0.777. The van der Waals surface area contributed by atoms with Crippen molar-refractivity contribution in [3.05, 3.63) is 29.8 Å². The zero-order chi connectivity index (χ0) is 12.0. The van der Waals surface area contributed by atoms with Gasteiger partial charge in [-0.05, 0) is 24.1 Å². The standard InChI is InChI=1S/C13H19NO2/c1-4-10(2)9-14-12-7-5-6-11(8-12)13(15)16-3/h5-8,10,14H,4,9H2,1-3H3. The number of carbonyl (C=O) groups is 1. The van der Waals surface area contributed by atoms with Crippen LogP contribution < -0.4 is 5.32 Å². The molecule has 0 saturated carbocycles. The van der Waals surface area contributed by atoms with Crippen molar-refractivity contribution >= 4 is 11.7 Å². The fourth-order valence-corrected chi connectivity index (χ4v) is 1.31. The summed E-state index contributed by atoms with van der Waals surface area (Å²) in [4.78, 5) is 11.3. The first-order chi connectivity index (χ1) is 7.67. The van der Waals surface area contributed by atoms with Crippen LogP contribution in [0.3, 0.4) is 0 Å². The minimum atomic E-state index is -0.299. The molecule has 16 heavy (non-hydrogen) atoms. The van der Waals surface area contributed by atoms with E-state index in [0.717, 1.165) is 18.7 Å². The van der Waals surface area contributed by atoms with Crippen LogP contribution in [-0.4, -0.2) is 19.6 Å². The molecule has 1 aromatic carbocycles. The Kier molecular flexibility index (Phi) is 4.83. The average molecular weight is 221 g/mol. The second-order valence-electron chi connectivity index (χ2n) is 3.97. The number of carbonyl (C=O) groups excluding carboxylic acids is 1. The smallest absolute Gasteiger partial charge is 0.337 e. The summed E-state index contributed by atoms with van der Waals surface area (Å²) >= 11 is 0. The second kappa shape index (κ2) is 6.16. The molecule has 3 heteroatoms. The molecule has 0 bridgehead atoms. The van der Waals surface area contributed by atoms with Gasteiger partial charge < -0.3 is 10.1 Å². The lowest BCUT2D eigenvalue weighted by molar-refractivity contribution is 0.0601. The molecule has 1 N–H and O–H groups in total. The Balaban J connectivity index is 2.64. The molecule has 0 spiro atoms. The Morgan fingerprint density at radius 1 is 1.50 bits per heavy atom. The third-order valence-corrected chi connectivity index (χ3v) is 2.64. The summed E-state index contributed by atoms with van der Waals surface area (Å²) in [7, 11) is 1.39. The predicted molar refractivity (Wildman–Crippen MR) is 65.7 cm³/mol. The Morgan fingerprint density at radius 3 is 2.88 bits per heavy atom. The lowest BCUT2D eigenvalue weighted by Gasteiger charge is -2.11. The minimum absolute atomic E-state index is 0.299. The predicted octanol–water partition coefficient (Wildman–Crippen LogP) is 2.93. The monoisotopic (exact) mass is 221 g/mol. The van der Waals surface area contributed by atoms with Crippen molar-refractivity contribution in [2.45, 2.75) is 20.3 Å². The first-order valence-electron chi connectivity index (χ1n) is 5.59. The van der Waals surface area contributed by atoms with E-state index in [1.165, 1.54) is 7.11 Å². The largest absolute Gasteiger partial charge is 0.465 e. The van der Waals surface area contributed by atoms with Crippen LogP contribution in [0.4, 0.5) is 5.69 Å². The van der Waals surface area contributed by atoms with E-state index in [0.29, 0.717) is 11.5 Å². The number of hydrogen-bond donors (Lipinski definition) is 1. The highest BCUT2D eigenvalue weighted by Gasteiger charge is 2.05. The number of esters is 1. The summed E-state index contributed by atoms with van der Waals surface area (Å²) in [6.45, 7) is 5.27. The molecule has 0 aliphatic rings. The van der Waals surface area contributed by atoms with Gasteiger partial charge in [0.25, 0.3) is 0 Å². The average Bonchev–Trinajstić information content (AvgIpc) is 2.35. The molecule has 0 aliphatic heterocycles. The van der Waals surface area contributed by atoms with Gasteiger partial charge in [-0.2, -0.15) is 0 Å². The van der Waals surface area contributed by atoms with E-state index in [1.807, 2.05) is 18.2 Å². The molecule has 1 unspecified atom stereocenters. The SMILES string of the molecule is CCC(C)CNc1cccc(C(=O)OC)c1. The zero-order valence-electron chi connectivity index (χ0n) is 10.1. The summed E-state index contributed by atoms with van der Waals surface area (Å²) in [6, 6.07) is 7.37. The molecule has 0 amide bonds. The van der Waals surface area contributed by atoms with E-state index in [-0.39, 0.29) is 5.97 Å². The molecule has 88 valence electrons. The van der Waals surface area contributed by atoms with Gasteiger partial charge in [-0.15, -0.1) is 0 Å². The van der Waals surface area contributed by atoms with Crippen LogP contribution in [0.25, 0.3) is 0 Å². The van der Waals surface area contributed by atoms with Crippen LogP contribution >= 0.6 is 0 Å². The molecular formula is C13H19NO2. The van der Waals surface area contributed by atoms with Crippen molar-refractivity contribution < 1.29 is 9.53 Å². The van der Waals surface area contributed by atoms with Crippen LogP contribution in [0.5, 0.6) is 0 Å². The molecule has 1 aromatic rings. The fraction of sp³-hybridized carbons (Fsp3) is 0.462. The first-order valence-corrected chi connectivity index (χ1v) is 5.59. The van der Waals surface area contributed by atoms with E-state index < -0.39 is 0 Å². The van der Waals surface area contributed by atoms with Gasteiger partial charge in [0.15, 0.2) is 0 Å². The topological polar surface area (TPSA) is 38.3 Å². The fourth-order valence-electron chi connectivity index (χ4n) is 1.31. The van der Waals surface area contributed by atoms with Gasteiger partial charge in [0.2, 0.25) is 0 Å². The summed E-state index contributed by atoms with van der Waals surface area (Å²) in [5.74, 6) is 0.328. The van der Waals surface area contributed by atoms with Gasteiger partial charge in [-0.25, -0.2) is 4.79 Å². The maximum atomic E-state index is 11.3. The Bertz CT molecular complexity index is 350. The lowest BCUT2D eigenvalue weighted by Crippen LogP contribution is -2.10. The van der Waals surface area contributed by atoms with Gasteiger partial charge in [-0.3, -0.25) is 0 Å². The summed E-state index contributed by atoms with van der Waals surface area (Å²) in [5.41, 5.74) is 1.54.